The van der Waals surface area contributed by atoms with Crippen molar-refractivity contribution in [1.29, 1.82) is 5.26 Å². The van der Waals surface area contributed by atoms with Gasteiger partial charge >= 0.3 is 11.9 Å². The van der Waals surface area contributed by atoms with Gasteiger partial charge in [0.15, 0.2) is 0 Å². The molecular formula is C26H22ClN5O5. The van der Waals surface area contributed by atoms with Gasteiger partial charge in [-0.15, -0.1) is 0 Å². The number of benzene rings is 1. The average Bonchev–Trinajstić information content (AvgIpc) is 2.89. The normalized spacial score (nSPS) is 18.1. The number of pyridine rings is 1. The molecule has 1 aliphatic carbocycles. The standard InChI is InChI=1S/C26H22ClN5O5/c1-2-36-23-11-20-18(10-21(23)32-25(33)26(34)35)24(15(12-28)13-30-20)31-16-6-7-22(19(27)9-16)37-14-17-5-3-4-8-29-17/h3-11,13,18,20,31H,2,14H2,1H3,(H,32,33)(H,34,35)/t18-,20?/m1/s1. The molecular weight excluding hydrogens is 498 g/mol. The van der Waals surface area contributed by atoms with Gasteiger partial charge in [-0.2, -0.15) is 5.26 Å². The SMILES string of the molecule is CCOC1=CC2N=CC(C#N)=C(Nc3ccc(OCc4ccccn4)c(Cl)c3)[C@@H]2C=C1NC(=O)C(=O)O. The summed E-state index contributed by atoms with van der Waals surface area (Å²) in [5.74, 6) is -2.58. The summed E-state index contributed by atoms with van der Waals surface area (Å²) in [6.45, 7) is 2.31. The van der Waals surface area contributed by atoms with Gasteiger partial charge in [0.05, 0.1) is 34.6 Å². The molecule has 37 heavy (non-hydrogen) atoms. The predicted octanol–water partition coefficient (Wildman–Crippen LogP) is 3.59. The van der Waals surface area contributed by atoms with E-state index in [1.54, 1.807) is 43.5 Å². The highest BCUT2D eigenvalue weighted by atomic mass is 35.5. The number of fused-ring (bicyclic) bond motifs is 1. The van der Waals surface area contributed by atoms with Crippen LogP contribution in [-0.4, -0.2) is 40.8 Å². The van der Waals surface area contributed by atoms with Crippen LogP contribution in [0.3, 0.4) is 0 Å². The van der Waals surface area contributed by atoms with E-state index >= 15 is 0 Å². The number of carbonyl (C=O) groups is 2. The van der Waals surface area contributed by atoms with Crippen molar-refractivity contribution < 1.29 is 24.2 Å². The molecule has 1 aromatic carbocycles. The number of hydrogen-bond acceptors (Lipinski definition) is 8. The van der Waals surface area contributed by atoms with Gasteiger partial charge in [-0.3, -0.25) is 14.8 Å². The van der Waals surface area contributed by atoms with Crippen LogP contribution >= 0.6 is 11.6 Å². The number of rotatable bonds is 8. The molecule has 188 valence electrons. The third-order valence-corrected chi connectivity index (χ3v) is 5.77. The Balaban J connectivity index is 1.58. The van der Waals surface area contributed by atoms with Gasteiger partial charge in [-0.1, -0.05) is 17.7 Å². The fourth-order valence-corrected chi connectivity index (χ4v) is 4.03. The van der Waals surface area contributed by atoms with Crippen molar-refractivity contribution in [2.75, 3.05) is 11.9 Å². The summed E-state index contributed by atoms with van der Waals surface area (Å²) in [4.78, 5) is 31.6. The molecule has 0 saturated heterocycles. The summed E-state index contributed by atoms with van der Waals surface area (Å²) < 4.78 is 11.4. The number of halogens is 1. The van der Waals surface area contributed by atoms with Gasteiger partial charge in [-0.05, 0) is 49.4 Å². The monoisotopic (exact) mass is 519 g/mol. The van der Waals surface area contributed by atoms with Crippen molar-refractivity contribution in [3.05, 3.63) is 88.2 Å². The lowest BCUT2D eigenvalue weighted by atomic mass is 9.86. The number of carboxylic acid groups (broad SMARTS) is 1. The number of aromatic nitrogens is 1. The summed E-state index contributed by atoms with van der Waals surface area (Å²) in [5.41, 5.74) is 2.32. The number of nitriles is 1. The van der Waals surface area contributed by atoms with Gasteiger partial charge in [0.25, 0.3) is 0 Å². The third kappa shape index (κ3) is 5.97. The van der Waals surface area contributed by atoms with E-state index < -0.39 is 23.8 Å². The topological polar surface area (TPSA) is 146 Å². The maximum Gasteiger partial charge on any atom is 0.394 e. The first-order chi connectivity index (χ1) is 17.9. The Morgan fingerprint density at radius 1 is 1.22 bits per heavy atom. The van der Waals surface area contributed by atoms with Crippen LogP contribution in [0.2, 0.25) is 5.02 Å². The lowest BCUT2D eigenvalue weighted by Crippen LogP contribution is -2.36. The third-order valence-electron chi connectivity index (χ3n) is 5.48. The number of aliphatic carboxylic acids is 1. The number of carboxylic acids is 1. The lowest BCUT2D eigenvalue weighted by molar-refractivity contribution is -0.149. The molecule has 2 aromatic rings. The molecule has 1 aliphatic heterocycles. The van der Waals surface area contributed by atoms with Gasteiger partial charge < -0.3 is 25.2 Å². The largest absolute Gasteiger partial charge is 0.492 e. The molecule has 1 amide bonds. The first-order valence-corrected chi connectivity index (χ1v) is 11.6. The van der Waals surface area contributed by atoms with E-state index in [0.717, 1.165) is 5.69 Å². The molecule has 2 aliphatic rings. The number of dihydropyridines is 1. The lowest BCUT2D eigenvalue weighted by Gasteiger charge is -2.31. The zero-order chi connectivity index (χ0) is 26.4. The Bertz CT molecular complexity index is 1380. The Hall–Kier alpha value is -4.62. The smallest absolute Gasteiger partial charge is 0.394 e. The number of carbonyl (C=O) groups excluding carboxylic acids is 1. The van der Waals surface area contributed by atoms with E-state index in [1.165, 1.54) is 6.21 Å². The molecule has 11 heteroatoms. The Morgan fingerprint density at radius 2 is 2.05 bits per heavy atom. The van der Waals surface area contributed by atoms with Crippen molar-refractivity contribution in [2.24, 2.45) is 10.9 Å². The van der Waals surface area contributed by atoms with Crippen LogP contribution in [0.1, 0.15) is 12.6 Å². The van der Waals surface area contributed by atoms with Crippen molar-refractivity contribution in [2.45, 2.75) is 19.6 Å². The number of amides is 1. The van der Waals surface area contributed by atoms with Crippen molar-refractivity contribution in [3.63, 3.8) is 0 Å². The zero-order valence-electron chi connectivity index (χ0n) is 19.6. The van der Waals surface area contributed by atoms with Crippen LogP contribution < -0.4 is 15.4 Å². The first kappa shape index (κ1) is 25.5. The van der Waals surface area contributed by atoms with E-state index in [2.05, 4.69) is 26.7 Å². The fourth-order valence-electron chi connectivity index (χ4n) is 3.79. The minimum atomic E-state index is -1.63. The summed E-state index contributed by atoms with van der Waals surface area (Å²) >= 11 is 6.45. The highest BCUT2D eigenvalue weighted by Gasteiger charge is 2.33. The summed E-state index contributed by atoms with van der Waals surface area (Å²) in [6, 6.07) is 12.3. The second kappa shape index (κ2) is 11.4. The summed E-state index contributed by atoms with van der Waals surface area (Å²) in [6.07, 6.45) is 6.45. The molecule has 2 heterocycles. The minimum Gasteiger partial charge on any atom is -0.492 e. The number of aliphatic imine (C=N–C) groups is 1. The molecule has 0 spiro atoms. The number of anilines is 1. The van der Waals surface area contributed by atoms with Gasteiger partial charge in [0.1, 0.15) is 24.2 Å². The predicted molar refractivity (Wildman–Crippen MR) is 136 cm³/mol. The van der Waals surface area contributed by atoms with Crippen LogP contribution in [0.4, 0.5) is 5.69 Å². The molecule has 10 nitrogen and oxygen atoms in total. The van der Waals surface area contributed by atoms with E-state index in [4.69, 9.17) is 26.2 Å². The van der Waals surface area contributed by atoms with Crippen LogP contribution in [0.25, 0.3) is 0 Å². The fraction of sp³-hybridized carbons (Fsp3) is 0.192. The molecule has 1 aromatic heterocycles. The molecule has 4 rings (SSSR count). The van der Waals surface area contributed by atoms with E-state index in [1.807, 2.05) is 18.2 Å². The van der Waals surface area contributed by atoms with E-state index in [0.29, 0.717) is 34.5 Å². The molecule has 3 N–H and O–H groups in total. The maximum atomic E-state index is 11.9. The van der Waals surface area contributed by atoms with Crippen molar-refractivity contribution in [3.8, 4) is 11.8 Å². The number of allylic oxidation sites excluding steroid dienone is 1. The number of nitrogens with one attached hydrogen (secondary N) is 2. The molecule has 2 atom stereocenters. The van der Waals surface area contributed by atoms with Crippen LogP contribution in [-0.2, 0) is 20.9 Å². The van der Waals surface area contributed by atoms with Crippen LogP contribution in [0, 0.1) is 17.2 Å². The molecule has 0 bridgehead atoms. The van der Waals surface area contributed by atoms with Gasteiger partial charge in [0.2, 0.25) is 0 Å². The Morgan fingerprint density at radius 3 is 2.73 bits per heavy atom. The second-order valence-electron chi connectivity index (χ2n) is 7.92. The Labute approximate surface area is 217 Å². The van der Waals surface area contributed by atoms with Crippen LogP contribution in [0.15, 0.2) is 82.5 Å². The van der Waals surface area contributed by atoms with E-state index in [9.17, 15) is 14.9 Å². The Kier molecular flexibility index (Phi) is 7.86. The number of hydrogen-bond donors (Lipinski definition) is 3. The molecule has 0 saturated carbocycles. The summed E-state index contributed by atoms with van der Waals surface area (Å²) in [5, 5.41) is 24.7. The molecule has 0 fully saturated rings. The van der Waals surface area contributed by atoms with E-state index in [-0.39, 0.29) is 17.9 Å². The number of ether oxygens (including phenoxy) is 2. The molecule has 0 radical (unpaired) electrons. The minimum absolute atomic E-state index is 0.181. The summed E-state index contributed by atoms with van der Waals surface area (Å²) in [7, 11) is 0. The molecule has 1 unspecified atom stereocenters. The van der Waals surface area contributed by atoms with Gasteiger partial charge in [0, 0.05) is 29.7 Å². The zero-order valence-corrected chi connectivity index (χ0v) is 20.4. The maximum absolute atomic E-state index is 11.9. The number of nitrogens with zero attached hydrogens (tertiary/aromatic N) is 3. The van der Waals surface area contributed by atoms with Crippen LogP contribution in [0.5, 0.6) is 5.75 Å². The first-order valence-electron chi connectivity index (χ1n) is 11.3. The highest BCUT2D eigenvalue weighted by molar-refractivity contribution is 6.32. The quantitative estimate of drug-likeness (QED) is 0.448. The van der Waals surface area contributed by atoms with Gasteiger partial charge in [-0.25, -0.2) is 4.79 Å². The average molecular weight is 520 g/mol. The highest BCUT2D eigenvalue weighted by Crippen LogP contribution is 2.36. The van der Waals surface area contributed by atoms with Crippen molar-refractivity contribution >= 4 is 35.4 Å². The van der Waals surface area contributed by atoms with Crippen molar-refractivity contribution in [1.82, 2.24) is 10.3 Å². The second-order valence-corrected chi connectivity index (χ2v) is 8.32.